The number of nitrogens with zero attached hydrogens (tertiary/aromatic N) is 1. The largest absolute Gasteiger partial charge is 0.376 e. The van der Waals surface area contributed by atoms with E-state index in [1.54, 1.807) is 6.20 Å². The summed E-state index contributed by atoms with van der Waals surface area (Å²) in [6.07, 6.45) is 6.27. The van der Waals surface area contributed by atoms with E-state index in [0.717, 1.165) is 26.1 Å². The molecule has 1 saturated heterocycles. The van der Waals surface area contributed by atoms with Crippen molar-refractivity contribution in [2.45, 2.75) is 25.9 Å². The SMILES string of the molecule is CC1CCNCC1OCCc1cccnc1. The maximum absolute atomic E-state index is 5.91. The summed E-state index contributed by atoms with van der Waals surface area (Å²) < 4.78 is 5.91. The van der Waals surface area contributed by atoms with Gasteiger partial charge in [0.2, 0.25) is 0 Å². The quantitative estimate of drug-likeness (QED) is 0.837. The Balaban J connectivity index is 1.71. The molecule has 1 aromatic rings. The first-order chi connectivity index (χ1) is 7.86. The monoisotopic (exact) mass is 220 g/mol. The molecule has 1 aromatic heterocycles. The topological polar surface area (TPSA) is 34.1 Å². The predicted molar refractivity (Wildman–Crippen MR) is 64.3 cm³/mol. The number of rotatable bonds is 4. The van der Waals surface area contributed by atoms with Crippen LogP contribution in [0.4, 0.5) is 0 Å². The van der Waals surface area contributed by atoms with Gasteiger partial charge in [0, 0.05) is 18.9 Å². The minimum absolute atomic E-state index is 0.380. The maximum Gasteiger partial charge on any atom is 0.0725 e. The molecule has 1 N–H and O–H groups in total. The molecule has 0 spiro atoms. The van der Waals surface area contributed by atoms with Crippen molar-refractivity contribution in [2.75, 3.05) is 19.7 Å². The van der Waals surface area contributed by atoms with Gasteiger partial charge in [-0.25, -0.2) is 0 Å². The fraction of sp³-hybridized carbons (Fsp3) is 0.615. The highest BCUT2D eigenvalue weighted by Gasteiger charge is 2.20. The Morgan fingerprint density at radius 1 is 1.56 bits per heavy atom. The lowest BCUT2D eigenvalue weighted by Gasteiger charge is -2.29. The zero-order valence-electron chi connectivity index (χ0n) is 9.86. The second-order valence-corrected chi connectivity index (χ2v) is 4.49. The third-order valence-corrected chi connectivity index (χ3v) is 3.20. The molecule has 2 heterocycles. The third kappa shape index (κ3) is 3.29. The van der Waals surface area contributed by atoms with E-state index in [0.29, 0.717) is 12.0 Å². The van der Waals surface area contributed by atoms with Gasteiger partial charge >= 0.3 is 0 Å². The zero-order valence-corrected chi connectivity index (χ0v) is 9.86. The van der Waals surface area contributed by atoms with Gasteiger partial charge in [-0.3, -0.25) is 4.98 Å². The van der Waals surface area contributed by atoms with Crippen LogP contribution in [0.1, 0.15) is 18.9 Å². The lowest BCUT2D eigenvalue weighted by atomic mass is 9.97. The van der Waals surface area contributed by atoms with Crippen molar-refractivity contribution in [1.82, 2.24) is 10.3 Å². The molecule has 3 heteroatoms. The number of piperidine rings is 1. The highest BCUT2D eigenvalue weighted by atomic mass is 16.5. The molecule has 16 heavy (non-hydrogen) atoms. The molecule has 0 radical (unpaired) electrons. The number of aromatic nitrogens is 1. The fourth-order valence-corrected chi connectivity index (χ4v) is 2.06. The van der Waals surface area contributed by atoms with Crippen LogP contribution < -0.4 is 5.32 Å². The van der Waals surface area contributed by atoms with Gasteiger partial charge in [-0.2, -0.15) is 0 Å². The molecule has 1 aliphatic rings. The second kappa shape index (κ2) is 5.97. The Morgan fingerprint density at radius 2 is 2.50 bits per heavy atom. The van der Waals surface area contributed by atoms with E-state index in [2.05, 4.69) is 23.3 Å². The number of hydrogen-bond acceptors (Lipinski definition) is 3. The molecule has 0 amide bonds. The van der Waals surface area contributed by atoms with Crippen molar-refractivity contribution in [2.24, 2.45) is 5.92 Å². The van der Waals surface area contributed by atoms with Crippen molar-refractivity contribution in [3.8, 4) is 0 Å². The molecule has 0 saturated carbocycles. The first-order valence-electron chi connectivity index (χ1n) is 6.07. The van der Waals surface area contributed by atoms with E-state index >= 15 is 0 Å². The molecular formula is C13H20N2O. The van der Waals surface area contributed by atoms with E-state index in [1.165, 1.54) is 12.0 Å². The van der Waals surface area contributed by atoms with Crippen LogP contribution in [0.5, 0.6) is 0 Å². The van der Waals surface area contributed by atoms with Gasteiger partial charge in [-0.15, -0.1) is 0 Å². The summed E-state index contributed by atoms with van der Waals surface area (Å²) in [7, 11) is 0. The Labute approximate surface area is 97.2 Å². The minimum Gasteiger partial charge on any atom is -0.376 e. The fourth-order valence-electron chi connectivity index (χ4n) is 2.06. The summed E-state index contributed by atoms with van der Waals surface area (Å²) in [5.41, 5.74) is 1.25. The van der Waals surface area contributed by atoms with Crippen LogP contribution in [0.2, 0.25) is 0 Å². The van der Waals surface area contributed by atoms with E-state index in [4.69, 9.17) is 4.74 Å². The molecule has 2 rings (SSSR count). The summed E-state index contributed by atoms with van der Waals surface area (Å²) in [6.45, 7) is 5.19. The smallest absolute Gasteiger partial charge is 0.0725 e. The van der Waals surface area contributed by atoms with E-state index < -0.39 is 0 Å². The van der Waals surface area contributed by atoms with Crippen molar-refractivity contribution < 1.29 is 4.74 Å². The first kappa shape index (κ1) is 11.6. The predicted octanol–water partition coefficient (Wildman–Crippen LogP) is 1.64. The highest BCUT2D eigenvalue weighted by molar-refractivity contribution is 5.08. The van der Waals surface area contributed by atoms with Crippen molar-refractivity contribution in [1.29, 1.82) is 0 Å². The number of hydrogen-bond donors (Lipinski definition) is 1. The first-order valence-corrected chi connectivity index (χ1v) is 6.07. The lowest BCUT2D eigenvalue weighted by molar-refractivity contribution is 0.00574. The molecule has 0 aromatic carbocycles. The maximum atomic E-state index is 5.91. The average Bonchev–Trinajstić information content (AvgIpc) is 2.33. The zero-order chi connectivity index (χ0) is 11.2. The number of pyridine rings is 1. The van der Waals surface area contributed by atoms with E-state index in [-0.39, 0.29) is 0 Å². The normalized spacial score (nSPS) is 25.6. The van der Waals surface area contributed by atoms with Crippen molar-refractivity contribution in [3.05, 3.63) is 30.1 Å². The van der Waals surface area contributed by atoms with E-state index in [1.807, 2.05) is 12.3 Å². The summed E-state index contributed by atoms with van der Waals surface area (Å²) in [5, 5.41) is 3.38. The van der Waals surface area contributed by atoms with Crippen LogP contribution in [-0.4, -0.2) is 30.8 Å². The average molecular weight is 220 g/mol. The summed E-state index contributed by atoms with van der Waals surface area (Å²) in [4.78, 5) is 4.10. The summed E-state index contributed by atoms with van der Waals surface area (Å²) in [6, 6.07) is 4.07. The molecule has 1 fully saturated rings. The highest BCUT2D eigenvalue weighted by Crippen LogP contribution is 2.14. The second-order valence-electron chi connectivity index (χ2n) is 4.49. The van der Waals surface area contributed by atoms with Gasteiger partial charge in [-0.1, -0.05) is 13.0 Å². The Bertz CT molecular complexity index is 302. The lowest BCUT2D eigenvalue weighted by Crippen LogP contribution is -2.41. The van der Waals surface area contributed by atoms with Crippen LogP contribution in [-0.2, 0) is 11.2 Å². The van der Waals surface area contributed by atoms with Crippen molar-refractivity contribution >= 4 is 0 Å². The molecule has 0 bridgehead atoms. The van der Waals surface area contributed by atoms with Gasteiger partial charge in [0.15, 0.2) is 0 Å². The molecule has 3 nitrogen and oxygen atoms in total. The number of ether oxygens (including phenoxy) is 1. The minimum atomic E-state index is 0.380. The molecular weight excluding hydrogens is 200 g/mol. The van der Waals surface area contributed by atoms with Crippen LogP contribution >= 0.6 is 0 Å². The van der Waals surface area contributed by atoms with Crippen molar-refractivity contribution in [3.63, 3.8) is 0 Å². The third-order valence-electron chi connectivity index (χ3n) is 3.20. The van der Waals surface area contributed by atoms with Gasteiger partial charge < -0.3 is 10.1 Å². The van der Waals surface area contributed by atoms with Gasteiger partial charge in [-0.05, 0) is 36.9 Å². The summed E-state index contributed by atoms with van der Waals surface area (Å²) in [5.74, 6) is 0.676. The summed E-state index contributed by atoms with van der Waals surface area (Å²) >= 11 is 0. The molecule has 2 unspecified atom stereocenters. The molecule has 0 aliphatic carbocycles. The Kier molecular flexibility index (Phi) is 4.31. The van der Waals surface area contributed by atoms with Crippen LogP contribution in [0.25, 0.3) is 0 Å². The number of nitrogens with one attached hydrogen (secondary N) is 1. The molecule has 2 atom stereocenters. The van der Waals surface area contributed by atoms with Crippen LogP contribution in [0.15, 0.2) is 24.5 Å². The van der Waals surface area contributed by atoms with E-state index in [9.17, 15) is 0 Å². The Hall–Kier alpha value is -0.930. The van der Waals surface area contributed by atoms with Gasteiger partial charge in [0.1, 0.15) is 0 Å². The van der Waals surface area contributed by atoms with Crippen LogP contribution in [0.3, 0.4) is 0 Å². The van der Waals surface area contributed by atoms with Gasteiger partial charge in [0.05, 0.1) is 12.7 Å². The Morgan fingerprint density at radius 3 is 3.25 bits per heavy atom. The molecule has 88 valence electrons. The standard InChI is InChI=1S/C13H20N2O/c1-11-4-7-15-10-13(11)16-8-5-12-3-2-6-14-9-12/h2-3,6,9,11,13,15H,4-5,7-8,10H2,1H3. The molecule has 1 aliphatic heterocycles. The van der Waals surface area contributed by atoms with Crippen LogP contribution in [0, 0.1) is 5.92 Å². The van der Waals surface area contributed by atoms with Gasteiger partial charge in [0.25, 0.3) is 0 Å².